The van der Waals surface area contributed by atoms with E-state index >= 15 is 0 Å². The van der Waals surface area contributed by atoms with E-state index in [1.807, 2.05) is 24.3 Å². The third kappa shape index (κ3) is 11.6. The van der Waals surface area contributed by atoms with E-state index in [4.69, 9.17) is 14.2 Å². The van der Waals surface area contributed by atoms with Crippen molar-refractivity contribution < 1.29 is 19.0 Å². The molecule has 2 N–H and O–H groups in total. The normalized spacial score (nSPS) is 14.5. The molecule has 1 aromatic carbocycles. The van der Waals surface area contributed by atoms with Crippen LogP contribution in [-0.2, 0) is 20.8 Å². The average molecular weight is 548 g/mol. The number of amides is 1. The summed E-state index contributed by atoms with van der Waals surface area (Å²) in [4.78, 5) is 18.0. The minimum Gasteiger partial charge on any atom is -0.497 e. The van der Waals surface area contributed by atoms with Crippen LogP contribution in [0.25, 0.3) is 0 Å². The Morgan fingerprint density at radius 1 is 1.19 bits per heavy atom. The molecule has 0 unspecified atom stereocenters. The highest BCUT2D eigenvalue weighted by Crippen LogP contribution is 2.14. The van der Waals surface area contributed by atoms with E-state index in [2.05, 4.69) is 15.6 Å². The molecule has 1 aliphatic rings. The third-order valence-electron chi connectivity index (χ3n) is 4.94. The molecule has 1 aromatic rings. The summed E-state index contributed by atoms with van der Waals surface area (Å²) >= 11 is 0. The molecule has 1 saturated heterocycles. The SMILES string of the molecule is COc1ccc(CN=C(NCCCOCC2CCOCC2)NCC(=O)N(C)C)cc1.I. The molecular weight excluding hydrogens is 511 g/mol. The van der Waals surface area contributed by atoms with E-state index in [0.717, 1.165) is 56.9 Å². The van der Waals surface area contributed by atoms with E-state index in [1.54, 1.807) is 26.1 Å². The largest absolute Gasteiger partial charge is 0.497 e. The van der Waals surface area contributed by atoms with Crippen molar-refractivity contribution in [1.82, 2.24) is 15.5 Å². The lowest BCUT2D eigenvalue weighted by Gasteiger charge is -2.21. The number of ether oxygens (including phenoxy) is 3. The number of rotatable bonds is 11. The molecule has 0 aliphatic carbocycles. The standard InChI is InChI=1S/C22H36N4O4.HI/c1-26(2)21(27)16-25-22(24-15-18-5-7-20(28-3)8-6-18)23-11-4-12-30-17-19-9-13-29-14-10-19;/h5-8,19H,4,9-17H2,1-3H3,(H2,23,24,25);1H. The van der Waals surface area contributed by atoms with Crippen LogP contribution in [-0.4, -0.2) is 77.5 Å². The van der Waals surface area contributed by atoms with Crippen LogP contribution in [0, 0.1) is 5.92 Å². The molecule has 1 fully saturated rings. The zero-order valence-corrected chi connectivity index (χ0v) is 21.2. The van der Waals surface area contributed by atoms with Crippen molar-refractivity contribution in [2.24, 2.45) is 10.9 Å². The first-order valence-corrected chi connectivity index (χ1v) is 10.6. The van der Waals surface area contributed by atoms with Crippen LogP contribution >= 0.6 is 24.0 Å². The number of methoxy groups -OCH3 is 1. The topological polar surface area (TPSA) is 84.4 Å². The van der Waals surface area contributed by atoms with E-state index in [-0.39, 0.29) is 36.4 Å². The van der Waals surface area contributed by atoms with Crippen molar-refractivity contribution in [3.05, 3.63) is 29.8 Å². The predicted octanol–water partition coefficient (Wildman–Crippen LogP) is 2.27. The molecule has 0 bridgehead atoms. The molecule has 0 atom stereocenters. The van der Waals surface area contributed by atoms with Gasteiger partial charge in [-0.15, -0.1) is 24.0 Å². The molecule has 176 valence electrons. The molecule has 0 radical (unpaired) electrons. The van der Waals surface area contributed by atoms with E-state index in [9.17, 15) is 4.79 Å². The third-order valence-corrected chi connectivity index (χ3v) is 4.94. The first-order chi connectivity index (χ1) is 14.6. The van der Waals surface area contributed by atoms with Gasteiger partial charge in [-0.3, -0.25) is 4.79 Å². The monoisotopic (exact) mass is 548 g/mol. The number of benzene rings is 1. The number of aliphatic imine (C=N–C) groups is 1. The lowest BCUT2D eigenvalue weighted by molar-refractivity contribution is -0.127. The molecule has 0 spiro atoms. The Balaban J connectivity index is 0.00000480. The number of hydrogen-bond acceptors (Lipinski definition) is 5. The van der Waals surface area contributed by atoms with Gasteiger partial charge in [-0.05, 0) is 42.9 Å². The number of halogens is 1. The van der Waals surface area contributed by atoms with Gasteiger partial charge in [0.25, 0.3) is 0 Å². The summed E-state index contributed by atoms with van der Waals surface area (Å²) in [7, 11) is 5.12. The highest BCUT2D eigenvalue weighted by molar-refractivity contribution is 14.0. The number of nitrogens with zero attached hydrogens (tertiary/aromatic N) is 2. The molecule has 1 amide bonds. The summed E-state index contributed by atoms with van der Waals surface area (Å²) in [6, 6.07) is 7.79. The molecule has 0 saturated carbocycles. The summed E-state index contributed by atoms with van der Waals surface area (Å²) in [5, 5.41) is 6.39. The van der Waals surface area contributed by atoms with E-state index in [0.29, 0.717) is 25.0 Å². The average Bonchev–Trinajstić information content (AvgIpc) is 2.78. The van der Waals surface area contributed by atoms with Crippen molar-refractivity contribution >= 4 is 35.8 Å². The maximum absolute atomic E-state index is 11.9. The Bertz CT molecular complexity index is 649. The van der Waals surface area contributed by atoms with Gasteiger partial charge in [-0.25, -0.2) is 4.99 Å². The highest BCUT2D eigenvalue weighted by atomic mass is 127. The molecule has 1 heterocycles. The number of carbonyl (C=O) groups is 1. The molecule has 31 heavy (non-hydrogen) atoms. The van der Waals surface area contributed by atoms with Gasteiger partial charge in [0.05, 0.1) is 20.2 Å². The summed E-state index contributed by atoms with van der Waals surface area (Å²) < 4.78 is 16.4. The van der Waals surface area contributed by atoms with Gasteiger partial charge in [-0.1, -0.05) is 12.1 Å². The quantitative estimate of drug-likeness (QED) is 0.191. The second-order valence-electron chi connectivity index (χ2n) is 7.57. The number of carbonyl (C=O) groups excluding carboxylic acids is 1. The molecule has 2 rings (SSSR count). The van der Waals surface area contributed by atoms with Crippen LogP contribution in [0.5, 0.6) is 5.75 Å². The molecule has 1 aliphatic heterocycles. The first kappa shape index (κ1) is 27.4. The maximum Gasteiger partial charge on any atom is 0.241 e. The van der Waals surface area contributed by atoms with Crippen molar-refractivity contribution in [2.45, 2.75) is 25.8 Å². The number of likely N-dealkylation sites (N-methyl/N-ethyl adjacent to an activating group) is 1. The zero-order chi connectivity index (χ0) is 21.6. The van der Waals surface area contributed by atoms with E-state index in [1.165, 1.54) is 0 Å². The molecule has 0 aromatic heterocycles. The second-order valence-corrected chi connectivity index (χ2v) is 7.57. The van der Waals surface area contributed by atoms with Gasteiger partial charge < -0.3 is 29.7 Å². The van der Waals surface area contributed by atoms with Crippen LogP contribution in [0.3, 0.4) is 0 Å². The van der Waals surface area contributed by atoms with Crippen LogP contribution in [0.4, 0.5) is 0 Å². The Morgan fingerprint density at radius 2 is 1.90 bits per heavy atom. The summed E-state index contributed by atoms with van der Waals surface area (Å²) in [6.07, 6.45) is 3.04. The lowest BCUT2D eigenvalue weighted by atomic mass is 10.0. The van der Waals surface area contributed by atoms with Gasteiger partial charge in [0.1, 0.15) is 5.75 Å². The smallest absolute Gasteiger partial charge is 0.241 e. The second kappa shape index (κ2) is 16.1. The number of nitrogens with one attached hydrogen (secondary N) is 2. The molecule has 8 nitrogen and oxygen atoms in total. The fraction of sp³-hybridized carbons (Fsp3) is 0.636. The van der Waals surface area contributed by atoms with E-state index < -0.39 is 0 Å². The minimum atomic E-state index is -0.00579. The fourth-order valence-corrected chi connectivity index (χ4v) is 2.94. The molecule has 9 heteroatoms. The predicted molar refractivity (Wildman–Crippen MR) is 133 cm³/mol. The van der Waals surface area contributed by atoms with Crippen molar-refractivity contribution in [3.8, 4) is 5.75 Å². The van der Waals surface area contributed by atoms with Crippen LogP contribution in [0.2, 0.25) is 0 Å². The number of guanidine groups is 1. The summed E-state index contributed by atoms with van der Waals surface area (Å²) in [5.41, 5.74) is 1.07. The van der Waals surface area contributed by atoms with Gasteiger partial charge >= 0.3 is 0 Å². The maximum atomic E-state index is 11.9. The first-order valence-electron chi connectivity index (χ1n) is 10.6. The Kier molecular flexibility index (Phi) is 14.3. The summed E-state index contributed by atoms with van der Waals surface area (Å²) in [6.45, 7) is 4.63. The zero-order valence-electron chi connectivity index (χ0n) is 18.9. The Morgan fingerprint density at radius 3 is 2.55 bits per heavy atom. The van der Waals surface area contributed by atoms with Crippen LogP contribution in [0.15, 0.2) is 29.3 Å². The highest BCUT2D eigenvalue weighted by Gasteiger charge is 2.13. The molecular formula is C22H37IN4O4. The minimum absolute atomic E-state index is 0. The van der Waals surface area contributed by atoms with Gasteiger partial charge in [-0.2, -0.15) is 0 Å². The van der Waals surface area contributed by atoms with Gasteiger partial charge in [0, 0.05) is 47.1 Å². The van der Waals surface area contributed by atoms with Gasteiger partial charge in [0.2, 0.25) is 5.91 Å². The number of hydrogen-bond donors (Lipinski definition) is 2. The Hall–Kier alpha value is -1.59. The van der Waals surface area contributed by atoms with Crippen LogP contribution in [0.1, 0.15) is 24.8 Å². The van der Waals surface area contributed by atoms with Crippen molar-refractivity contribution in [3.63, 3.8) is 0 Å². The van der Waals surface area contributed by atoms with Crippen molar-refractivity contribution in [1.29, 1.82) is 0 Å². The Labute approximate surface area is 203 Å². The fourth-order valence-electron chi connectivity index (χ4n) is 2.94. The summed E-state index contributed by atoms with van der Waals surface area (Å²) in [5.74, 6) is 2.04. The lowest BCUT2D eigenvalue weighted by Crippen LogP contribution is -2.43. The van der Waals surface area contributed by atoms with Crippen LogP contribution < -0.4 is 15.4 Å². The van der Waals surface area contributed by atoms with Crippen molar-refractivity contribution in [2.75, 3.05) is 60.7 Å². The van der Waals surface area contributed by atoms with Gasteiger partial charge in [0.15, 0.2) is 5.96 Å².